The lowest BCUT2D eigenvalue weighted by Gasteiger charge is -2.18. The molecule has 2 aromatic rings. The molecule has 1 fully saturated rings. The van der Waals surface area contributed by atoms with Crippen LogP contribution in [0.25, 0.3) is 10.8 Å². The van der Waals surface area contributed by atoms with Crippen molar-refractivity contribution in [1.82, 2.24) is 0 Å². The lowest BCUT2D eigenvalue weighted by molar-refractivity contribution is -0.123. The second-order valence-electron chi connectivity index (χ2n) is 4.81. The maximum Gasteiger partial charge on any atom is 0.227 e. The van der Waals surface area contributed by atoms with Gasteiger partial charge in [0.05, 0.1) is 11.6 Å². The second-order valence-corrected chi connectivity index (χ2v) is 4.81. The molecule has 1 saturated heterocycles. The van der Waals surface area contributed by atoms with Crippen molar-refractivity contribution < 1.29 is 9.59 Å². The second kappa shape index (κ2) is 4.39. The maximum atomic E-state index is 12.1. The standard InChI is InChI=1S/C15H14N2O2/c16-15(19)11-8-14(18)17(9-11)13-7-3-5-10-4-1-2-6-12(10)13/h1-7,11H,8-9H2,(H2,16,19)/t11-/m1/s1. The summed E-state index contributed by atoms with van der Waals surface area (Å²) in [6.45, 7) is 0.377. The van der Waals surface area contributed by atoms with E-state index in [1.807, 2.05) is 42.5 Å². The molecule has 1 heterocycles. The number of nitrogens with zero attached hydrogens (tertiary/aromatic N) is 1. The van der Waals surface area contributed by atoms with Crippen LogP contribution in [0.15, 0.2) is 42.5 Å². The summed E-state index contributed by atoms with van der Waals surface area (Å²) in [4.78, 5) is 24.9. The number of carbonyl (C=O) groups excluding carboxylic acids is 2. The van der Waals surface area contributed by atoms with Crippen LogP contribution in [0.1, 0.15) is 6.42 Å². The zero-order chi connectivity index (χ0) is 13.4. The van der Waals surface area contributed by atoms with Crippen molar-refractivity contribution in [2.45, 2.75) is 6.42 Å². The van der Waals surface area contributed by atoms with Crippen LogP contribution in [0.4, 0.5) is 5.69 Å². The van der Waals surface area contributed by atoms with Crippen molar-refractivity contribution >= 4 is 28.3 Å². The van der Waals surface area contributed by atoms with E-state index in [1.165, 1.54) is 0 Å². The van der Waals surface area contributed by atoms with Gasteiger partial charge in [0, 0.05) is 18.4 Å². The summed E-state index contributed by atoms with van der Waals surface area (Å²) in [5.41, 5.74) is 6.15. The summed E-state index contributed by atoms with van der Waals surface area (Å²) in [5, 5.41) is 2.10. The molecular formula is C15H14N2O2. The number of rotatable bonds is 2. The Balaban J connectivity index is 2.05. The van der Waals surface area contributed by atoms with Crippen molar-refractivity contribution in [3.8, 4) is 0 Å². The number of carbonyl (C=O) groups is 2. The molecule has 3 rings (SSSR count). The monoisotopic (exact) mass is 254 g/mol. The molecule has 1 aliphatic heterocycles. The van der Waals surface area contributed by atoms with Gasteiger partial charge in [-0.25, -0.2) is 0 Å². The topological polar surface area (TPSA) is 63.4 Å². The van der Waals surface area contributed by atoms with Crippen molar-refractivity contribution in [2.75, 3.05) is 11.4 Å². The van der Waals surface area contributed by atoms with Crippen LogP contribution < -0.4 is 10.6 Å². The minimum absolute atomic E-state index is 0.0415. The highest BCUT2D eigenvalue weighted by Crippen LogP contribution is 2.31. The van der Waals surface area contributed by atoms with Gasteiger partial charge in [0.2, 0.25) is 11.8 Å². The molecule has 0 radical (unpaired) electrons. The minimum Gasteiger partial charge on any atom is -0.369 e. The summed E-state index contributed by atoms with van der Waals surface area (Å²) in [6.07, 6.45) is 0.207. The number of hydrogen-bond acceptors (Lipinski definition) is 2. The molecule has 2 amide bonds. The van der Waals surface area contributed by atoms with E-state index < -0.39 is 5.91 Å². The van der Waals surface area contributed by atoms with Crippen LogP contribution in [0.2, 0.25) is 0 Å². The van der Waals surface area contributed by atoms with E-state index in [4.69, 9.17) is 5.73 Å². The smallest absolute Gasteiger partial charge is 0.227 e. The molecule has 96 valence electrons. The van der Waals surface area contributed by atoms with Gasteiger partial charge in [-0.3, -0.25) is 9.59 Å². The van der Waals surface area contributed by atoms with E-state index in [1.54, 1.807) is 4.90 Å². The Morgan fingerprint density at radius 3 is 2.63 bits per heavy atom. The van der Waals surface area contributed by atoms with Gasteiger partial charge in [0.1, 0.15) is 0 Å². The highest BCUT2D eigenvalue weighted by atomic mass is 16.2. The summed E-state index contributed by atoms with van der Waals surface area (Å²) >= 11 is 0. The van der Waals surface area contributed by atoms with Crippen LogP contribution in [-0.4, -0.2) is 18.4 Å². The predicted octanol–water partition coefficient (Wildman–Crippen LogP) is 1.68. The Kier molecular flexibility index (Phi) is 2.71. The number of primary amides is 1. The fourth-order valence-electron chi connectivity index (χ4n) is 2.57. The summed E-state index contributed by atoms with van der Waals surface area (Å²) in [5.74, 6) is -0.831. The number of benzene rings is 2. The number of nitrogens with two attached hydrogens (primary N) is 1. The normalized spacial score (nSPS) is 19.1. The zero-order valence-electron chi connectivity index (χ0n) is 10.4. The van der Waals surface area contributed by atoms with E-state index in [0.717, 1.165) is 16.5 Å². The van der Waals surface area contributed by atoms with Crippen LogP contribution in [0, 0.1) is 5.92 Å². The molecular weight excluding hydrogens is 240 g/mol. The van der Waals surface area contributed by atoms with Crippen molar-refractivity contribution in [3.05, 3.63) is 42.5 Å². The first-order chi connectivity index (χ1) is 9.16. The van der Waals surface area contributed by atoms with E-state index >= 15 is 0 Å². The van der Waals surface area contributed by atoms with Crippen LogP contribution in [-0.2, 0) is 9.59 Å². The summed E-state index contributed by atoms with van der Waals surface area (Å²) in [6, 6.07) is 13.7. The SMILES string of the molecule is NC(=O)[C@@H]1CC(=O)N(c2cccc3ccccc23)C1. The first kappa shape index (κ1) is 11.7. The van der Waals surface area contributed by atoms with E-state index in [2.05, 4.69) is 0 Å². The third-order valence-electron chi connectivity index (χ3n) is 3.58. The molecule has 4 nitrogen and oxygen atoms in total. The Bertz CT molecular complexity index is 661. The van der Waals surface area contributed by atoms with Gasteiger partial charge in [-0.1, -0.05) is 36.4 Å². The van der Waals surface area contributed by atoms with Gasteiger partial charge < -0.3 is 10.6 Å². The van der Waals surface area contributed by atoms with Crippen molar-refractivity contribution in [3.63, 3.8) is 0 Å². The molecule has 0 spiro atoms. The lowest BCUT2D eigenvalue weighted by Crippen LogP contribution is -2.28. The van der Waals surface area contributed by atoms with Crippen LogP contribution in [0.3, 0.4) is 0 Å². The highest BCUT2D eigenvalue weighted by Gasteiger charge is 2.34. The number of fused-ring (bicyclic) bond motifs is 1. The largest absolute Gasteiger partial charge is 0.369 e. The average molecular weight is 254 g/mol. The Hall–Kier alpha value is -2.36. The van der Waals surface area contributed by atoms with Crippen LogP contribution >= 0.6 is 0 Å². The van der Waals surface area contributed by atoms with Gasteiger partial charge in [-0.05, 0) is 11.5 Å². The fourth-order valence-corrected chi connectivity index (χ4v) is 2.57. The molecule has 1 aliphatic rings. The average Bonchev–Trinajstić information content (AvgIpc) is 2.80. The number of hydrogen-bond donors (Lipinski definition) is 1. The van der Waals surface area contributed by atoms with Crippen molar-refractivity contribution in [1.29, 1.82) is 0 Å². The van der Waals surface area contributed by atoms with E-state index in [9.17, 15) is 9.59 Å². The Morgan fingerprint density at radius 2 is 1.89 bits per heavy atom. The van der Waals surface area contributed by atoms with Crippen molar-refractivity contribution in [2.24, 2.45) is 11.7 Å². The molecule has 19 heavy (non-hydrogen) atoms. The third-order valence-corrected chi connectivity index (χ3v) is 3.58. The minimum atomic E-state index is -0.406. The number of anilines is 1. The molecule has 2 N–H and O–H groups in total. The molecule has 0 bridgehead atoms. The predicted molar refractivity (Wildman–Crippen MR) is 73.6 cm³/mol. The molecule has 0 unspecified atom stereocenters. The zero-order valence-corrected chi connectivity index (χ0v) is 10.4. The first-order valence-corrected chi connectivity index (χ1v) is 6.24. The Morgan fingerprint density at radius 1 is 1.16 bits per heavy atom. The lowest BCUT2D eigenvalue weighted by atomic mass is 10.1. The van der Waals surface area contributed by atoms with Gasteiger partial charge in [0.15, 0.2) is 0 Å². The first-order valence-electron chi connectivity index (χ1n) is 6.24. The number of amides is 2. The van der Waals surface area contributed by atoms with E-state index in [-0.39, 0.29) is 18.2 Å². The van der Waals surface area contributed by atoms with Gasteiger partial charge >= 0.3 is 0 Å². The molecule has 0 aliphatic carbocycles. The fraction of sp³-hybridized carbons (Fsp3) is 0.200. The maximum absolute atomic E-state index is 12.1. The van der Waals surface area contributed by atoms with Gasteiger partial charge in [-0.2, -0.15) is 0 Å². The quantitative estimate of drug-likeness (QED) is 0.886. The van der Waals surface area contributed by atoms with Gasteiger partial charge in [0.25, 0.3) is 0 Å². The molecule has 0 saturated carbocycles. The van der Waals surface area contributed by atoms with Crippen LogP contribution in [0.5, 0.6) is 0 Å². The molecule has 2 aromatic carbocycles. The van der Waals surface area contributed by atoms with E-state index in [0.29, 0.717) is 6.54 Å². The molecule has 1 atom stereocenters. The summed E-state index contributed by atoms with van der Waals surface area (Å²) in [7, 11) is 0. The third kappa shape index (κ3) is 1.95. The Labute approximate surface area is 110 Å². The van der Waals surface area contributed by atoms with Gasteiger partial charge in [-0.15, -0.1) is 0 Å². The molecule has 0 aromatic heterocycles. The highest BCUT2D eigenvalue weighted by molar-refractivity contribution is 6.06. The summed E-state index contributed by atoms with van der Waals surface area (Å²) < 4.78 is 0. The molecule has 4 heteroatoms.